The fourth-order valence-corrected chi connectivity index (χ4v) is 1.25. The van der Waals surface area contributed by atoms with Crippen molar-refractivity contribution in [1.29, 1.82) is 0 Å². The van der Waals surface area contributed by atoms with Crippen molar-refractivity contribution in [3.05, 3.63) is 0 Å². The van der Waals surface area contributed by atoms with Crippen LogP contribution in [-0.2, 0) is 4.74 Å². The molecule has 15 heavy (non-hydrogen) atoms. The van der Waals surface area contributed by atoms with Crippen molar-refractivity contribution in [3.63, 3.8) is 0 Å². The highest BCUT2D eigenvalue weighted by Crippen LogP contribution is 1.95. The molecule has 0 unspecified atom stereocenters. The summed E-state index contributed by atoms with van der Waals surface area (Å²) >= 11 is 0. The number of likely N-dealkylation sites (N-methyl/N-ethyl adjacent to an activating group) is 1. The van der Waals surface area contributed by atoms with Crippen LogP contribution in [0.25, 0.3) is 0 Å². The Labute approximate surface area is 95.2 Å². The van der Waals surface area contributed by atoms with Crippen LogP contribution in [0.1, 0.15) is 33.1 Å². The fraction of sp³-hybridized carbons (Fsp3) is 1.00. The predicted molar refractivity (Wildman–Crippen MR) is 66.4 cm³/mol. The van der Waals surface area contributed by atoms with Crippen LogP contribution in [0.4, 0.5) is 0 Å². The number of unbranched alkanes of at least 4 members (excludes halogenated alkanes) is 2. The van der Waals surface area contributed by atoms with Crippen LogP contribution in [0.3, 0.4) is 0 Å². The van der Waals surface area contributed by atoms with E-state index < -0.39 is 0 Å². The molecule has 0 aliphatic rings. The van der Waals surface area contributed by atoms with Crippen LogP contribution in [0.15, 0.2) is 0 Å². The van der Waals surface area contributed by atoms with E-state index in [0.29, 0.717) is 6.04 Å². The van der Waals surface area contributed by atoms with Crippen molar-refractivity contribution in [2.24, 2.45) is 0 Å². The Hall–Kier alpha value is -0.120. The highest BCUT2D eigenvalue weighted by Gasteiger charge is 1.93. The lowest BCUT2D eigenvalue weighted by atomic mass is 10.2. The first-order valence-corrected chi connectivity index (χ1v) is 6.08. The number of ether oxygens (including phenoxy) is 1. The molecule has 0 aromatic carbocycles. The number of nitrogens with zero attached hydrogens (tertiary/aromatic N) is 1. The normalized spacial score (nSPS) is 11.6. The molecule has 0 aliphatic heterocycles. The highest BCUT2D eigenvalue weighted by atomic mass is 16.5. The van der Waals surface area contributed by atoms with Crippen molar-refractivity contribution in [2.75, 3.05) is 40.4 Å². The Balaban J connectivity index is 2.93. The third-order valence-electron chi connectivity index (χ3n) is 2.20. The fourth-order valence-electron chi connectivity index (χ4n) is 1.25. The van der Waals surface area contributed by atoms with Crippen molar-refractivity contribution < 1.29 is 4.74 Å². The molecule has 0 aromatic heterocycles. The standard InChI is InChI=1S/C12H28N2O/c1-12(2)13-8-6-5-7-10-15-11-9-14(3)4/h12-13H,5-11H2,1-4H3. The van der Waals surface area contributed by atoms with E-state index in [1.807, 2.05) is 0 Å². The molecule has 0 aliphatic carbocycles. The Morgan fingerprint density at radius 1 is 1.07 bits per heavy atom. The van der Waals surface area contributed by atoms with Gasteiger partial charge in [-0.25, -0.2) is 0 Å². The maximum Gasteiger partial charge on any atom is 0.0593 e. The Bertz CT molecular complexity index is 113. The Morgan fingerprint density at radius 2 is 1.80 bits per heavy atom. The van der Waals surface area contributed by atoms with E-state index in [9.17, 15) is 0 Å². The molecule has 3 nitrogen and oxygen atoms in total. The van der Waals surface area contributed by atoms with Crippen LogP contribution >= 0.6 is 0 Å². The molecule has 0 bridgehead atoms. The monoisotopic (exact) mass is 216 g/mol. The first-order chi connectivity index (χ1) is 7.13. The Kier molecular flexibility index (Phi) is 10.3. The van der Waals surface area contributed by atoms with Crippen molar-refractivity contribution in [3.8, 4) is 0 Å². The smallest absolute Gasteiger partial charge is 0.0593 e. The summed E-state index contributed by atoms with van der Waals surface area (Å²) in [4.78, 5) is 2.15. The van der Waals surface area contributed by atoms with Gasteiger partial charge in [-0.05, 0) is 39.9 Å². The SMILES string of the molecule is CC(C)NCCCCCOCCN(C)C. The molecule has 0 saturated heterocycles. The van der Waals surface area contributed by atoms with Gasteiger partial charge in [-0.2, -0.15) is 0 Å². The molecule has 0 fully saturated rings. The predicted octanol–water partition coefficient (Wildman–Crippen LogP) is 1.73. The molecule has 1 N–H and O–H groups in total. The van der Waals surface area contributed by atoms with Gasteiger partial charge in [-0.3, -0.25) is 0 Å². The van der Waals surface area contributed by atoms with Gasteiger partial charge in [-0.1, -0.05) is 13.8 Å². The minimum absolute atomic E-state index is 0.612. The first-order valence-electron chi connectivity index (χ1n) is 6.08. The van der Waals surface area contributed by atoms with E-state index in [1.165, 1.54) is 19.3 Å². The number of nitrogens with one attached hydrogen (secondary N) is 1. The van der Waals surface area contributed by atoms with Crippen molar-refractivity contribution in [2.45, 2.75) is 39.2 Å². The van der Waals surface area contributed by atoms with Gasteiger partial charge in [0.2, 0.25) is 0 Å². The van der Waals surface area contributed by atoms with Gasteiger partial charge in [0.1, 0.15) is 0 Å². The highest BCUT2D eigenvalue weighted by molar-refractivity contribution is 4.52. The maximum atomic E-state index is 5.51. The number of hydrogen-bond donors (Lipinski definition) is 1. The summed E-state index contributed by atoms with van der Waals surface area (Å²) in [6.07, 6.45) is 3.71. The van der Waals surface area contributed by atoms with Gasteiger partial charge < -0.3 is 15.0 Å². The van der Waals surface area contributed by atoms with Crippen molar-refractivity contribution >= 4 is 0 Å². The molecule has 0 spiro atoms. The second-order valence-corrected chi connectivity index (χ2v) is 4.59. The summed E-state index contributed by atoms with van der Waals surface area (Å²) in [6, 6.07) is 0.612. The second kappa shape index (κ2) is 10.4. The summed E-state index contributed by atoms with van der Waals surface area (Å²) in [6.45, 7) is 8.30. The summed E-state index contributed by atoms with van der Waals surface area (Å²) in [7, 11) is 4.14. The molecular formula is C12H28N2O. The van der Waals surface area contributed by atoms with E-state index in [-0.39, 0.29) is 0 Å². The quantitative estimate of drug-likeness (QED) is 0.563. The number of hydrogen-bond acceptors (Lipinski definition) is 3. The summed E-state index contributed by atoms with van der Waals surface area (Å²) in [5.74, 6) is 0. The first kappa shape index (κ1) is 14.9. The molecular weight excluding hydrogens is 188 g/mol. The molecule has 92 valence electrons. The minimum atomic E-state index is 0.612. The summed E-state index contributed by atoms with van der Waals surface area (Å²) in [5, 5.41) is 3.41. The van der Waals surface area contributed by atoms with Gasteiger partial charge in [0.25, 0.3) is 0 Å². The van der Waals surface area contributed by atoms with E-state index in [4.69, 9.17) is 4.74 Å². The molecule has 0 saturated carbocycles. The lowest BCUT2D eigenvalue weighted by Gasteiger charge is -2.10. The summed E-state index contributed by atoms with van der Waals surface area (Å²) in [5.41, 5.74) is 0. The van der Waals surface area contributed by atoms with Crippen LogP contribution < -0.4 is 5.32 Å². The summed E-state index contributed by atoms with van der Waals surface area (Å²) < 4.78 is 5.51. The number of rotatable bonds is 10. The van der Waals surface area contributed by atoms with Crippen molar-refractivity contribution in [1.82, 2.24) is 10.2 Å². The van der Waals surface area contributed by atoms with Gasteiger partial charge in [-0.15, -0.1) is 0 Å². The van der Waals surface area contributed by atoms with Crippen LogP contribution in [0, 0.1) is 0 Å². The van der Waals surface area contributed by atoms with Gasteiger partial charge in [0.05, 0.1) is 6.61 Å². The molecule has 0 radical (unpaired) electrons. The van der Waals surface area contributed by atoms with Gasteiger partial charge in [0.15, 0.2) is 0 Å². The minimum Gasteiger partial charge on any atom is -0.380 e. The molecule has 0 aromatic rings. The molecule has 0 atom stereocenters. The molecule has 0 heterocycles. The zero-order valence-electron chi connectivity index (χ0n) is 10.9. The van der Waals surface area contributed by atoms with E-state index >= 15 is 0 Å². The maximum absolute atomic E-state index is 5.51. The van der Waals surface area contributed by atoms with Gasteiger partial charge in [0, 0.05) is 19.2 Å². The third kappa shape index (κ3) is 13.9. The lowest BCUT2D eigenvalue weighted by molar-refractivity contribution is 0.114. The van der Waals surface area contributed by atoms with Crippen LogP contribution in [-0.4, -0.2) is 51.3 Å². The Morgan fingerprint density at radius 3 is 2.40 bits per heavy atom. The average Bonchev–Trinajstić information content (AvgIpc) is 2.14. The largest absolute Gasteiger partial charge is 0.380 e. The average molecular weight is 216 g/mol. The zero-order chi connectivity index (χ0) is 11.5. The zero-order valence-corrected chi connectivity index (χ0v) is 10.9. The van der Waals surface area contributed by atoms with E-state index in [1.54, 1.807) is 0 Å². The lowest BCUT2D eigenvalue weighted by Crippen LogP contribution is -2.23. The molecule has 3 heteroatoms. The van der Waals surface area contributed by atoms with E-state index in [2.05, 4.69) is 38.2 Å². The third-order valence-corrected chi connectivity index (χ3v) is 2.20. The van der Waals surface area contributed by atoms with Crippen LogP contribution in [0.2, 0.25) is 0 Å². The van der Waals surface area contributed by atoms with Crippen LogP contribution in [0.5, 0.6) is 0 Å². The molecule has 0 rings (SSSR count). The molecule has 0 amide bonds. The second-order valence-electron chi connectivity index (χ2n) is 4.59. The van der Waals surface area contributed by atoms with Gasteiger partial charge >= 0.3 is 0 Å². The van der Waals surface area contributed by atoms with E-state index in [0.717, 1.165) is 26.3 Å². The topological polar surface area (TPSA) is 24.5 Å².